The Kier molecular flexibility index (Phi) is 6.04. The molecule has 0 amide bonds. The Morgan fingerprint density at radius 3 is 2.33 bits per heavy atom. The van der Waals surface area contributed by atoms with E-state index in [1.807, 2.05) is 0 Å². The molecule has 0 aromatic carbocycles. The minimum atomic E-state index is -0.157. The van der Waals surface area contributed by atoms with E-state index in [4.69, 9.17) is 10.2 Å². The largest absolute Gasteiger partial charge is 0.504 e. The number of aromatic nitrogens is 1. The van der Waals surface area contributed by atoms with Crippen LogP contribution in [0.2, 0.25) is 0 Å². The Balaban J connectivity index is 0.000000354. The standard InChI is InChI=1S/C6H5NOS.CH2OS/c8-6(9)5-3-1-2-4-7-5;2-1-3/h1-4H,(H,8,9);1H,(H,2,3). The number of nitrogens with zero attached hydrogens (tertiary/aromatic N) is 1. The third-order valence-corrected chi connectivity index (χ3v) is 1.09. The van der Waals surface area contributed by atoms with E-state index in [-0.39, 0.29) is 5.05 Å². The second kappa shape index (κ2) is 6.63. The molecule has 64 valence electrons. The zero-order valence-electron chi connectivity index (χ0n) is 6.04. The summed E-state index contributed by atoms with van der Waals surface area (Å²) in [5, 5.41) is 15.8. The van der Waals surface area contributed by atoms with Gasteiger partial charge in [0.1, 0.15) is 11.2 Å². The molecule has 2 N–H and O–H groups in total. The first-order valence-electron chi connectivity index (χ1n) is 2.94. The monoisotopic (exact) mass is 201 g/mol. The number of pyridine rings is 1. The highest BCUT2D eigenvalue weighted by Gasteiger charge is 1.93. The quantitative estimate of drug-likeness (QED) is 0.679. The Labute approximate surface area is 80.7 Å². The summed E-state index contributed by atoms with van der Waals surface area (Å²) in [6.45, 7) is 0. The molecule has 1 rings (SSSR count). The summed E-state index contributed by atoms with van der Waals surface area (Å²) in [6.07, 6.45) is 1.58. The lowest BCUT2D eigenvalue weighted by Crippen LogP contribution is -1.95. The van der Waals surface area contributed by atoms with Gasteiger partial charge in [0.2, 0.25) is 5.05 Å². The van der Waals surface area contributed by atoms with Gasteiger partial charge in [0.25, 0.3) is 0 Å². The van der Waals surface area contributed by atoms with Gasteiger partial charge in [-0.05, 0) is 36.6 Å². The summed E-state index contributed by atoms with van der Waals surface area (Å²) >= 11 is 8.28. The Hall–Kier alpha value is -1.07. The predicted octanol–water partition coefficient (Wildman–Crippen LogP) is 1.82. The Morgan fingerprint density at radius 2 is 2.08 bits per heavy atom. The lowest BCUT2D eigenvalue weighted by atomic mass is 10.4. The van der Waals surface area contributed by atoms with Gasteiger partial charge < -0.3 is 10.2 Å². The van der Waals surface area contributed by atoms with Gasteiger partial charge in [0, 0.05) is 6.20 Å². The molecule has 0 atom stereocenters. The van der Waals surface area contributed by atoms with Crippen LogP contribution in [0.5, 0.6) is 0 Å². The fraction of sp³-hybridized carbons (Fsp3) is 0. The van der Waals surface area contributed by atoms with Crippen LogP contribution in [0.15, 0.2) is 24.4 Å². The van der Waals surface area contributed by atoms with Gasteiger partial charge in [-0.1, -0.05) is 6.07 Å². The molecular weight excluding hydrogens is 194 g/mol. The van der Waals surface area contributed by atoms with Crippen molar-refractivity contribution in [3.05, 3.63) is 30.1 Å². The number of thiocarbonyl (C=S) groups is 2. The number of hydrogen-bond acceptors (Lipinski definition) is 3. The molecule has 0 radical (unpaired) electrons. The van der Waals surface area contributed by atoms with Gasteiger partial charge in [-0.3, -0.25) is 4.98 Å². The molecule has 0 unspecified atom stereocenters. The zero-order chi connectivity index (χ0) is 9.40. The van der Waals surface area contributed by atoms with Gasteiger partial charge >= 0.3 is 0 Å². The van der Waals surface area contributed by atoms with Crippen LogP contribution >= 0.6 is 24.4 Å². The summed E-state index contributed by atoms with van der Waals surface area (Å²) < 4.78 is 0. The molecule has 0 spiro atoms. The lowest BCUT2D eigenvalue weighted by Gasteiger charge is -1.90. The number of aliphatic hydroxyl groups excluding tert-OH is 2. The fourth-order valence-electron chi connectivity index (χ4n) is 0.489. The van der Waals surface area contributed by atoms with E-state index in [9.17, 15) is 0 Å². The third-order valence-electron chi connectivity index (χ3n) is 0.884. The number of aliphatic hydroxyl groups is 2. The highest BCUT2D eigenvalue weighted by molar-refractivity contribution is 7.80. The van der Waals surface area contributed by atoms with E-state index in [0.717, 1.165) is 0 Å². The maximum Gasteiger partial charge on any atom is 0.207 e. The molecule has 5 heteroatoms. The molecule has 1 aromatic rings. The molecule has 0 aliphatic rings. The van der Waals surface area contributed by atoms with Gasteiger partial charge in [0.05, 0.1) is 0 Å². The van der Waals surface area contributed by atoms with Crippen LogP contribution in [0.25, 0.3) is 0 Å². The van der Waals surface area contributed by atoms with Gasteiger partial charge in [0.15, 0.2) is 0 Å². The van der Waals surface area contributed by atoms with Crippen molar-refractivity contribution in [1.82, 2.24) is 4.98 Å². The zero-order valence-corrected chi connectivity index (χ0v) is 7.68. The van der Waals surface area contributed by atoms with E-state index >= 15 is 0 Å². The predicted molar refractivity (Wildman–Crippen MR) is 54.8 cm³/mol. The van der Waals surface area contributed by atoms with E-state index in [2.05, 4.69) is 29.4 Å². The van der Waals surface area contributed by atoms with E-state index in [0.29, 0.717) is 11.2 Å². The lowest BCUT2D eigenvalue weighted by molar-refractivity contribution is 0.568. The second-order valence-corrected chi connectivity index (χ2v) is 2.22. The molecule has 0 saturated heterocycles. The smallest absolute Gasteiger partial charge is 0.207 e. The van der Waals surface area contributed by atoms with E-state index in [1.165, 1.54) is 0 Å². The number of hydrogen-bond donors (Lipinski definition) is 2. The van der Waals surface area contributed by atoms with Crippen molar-refractivity contribution in [2.45, 2.75) is 0 Å². The molecule has 1 heterocycles. The van der Waals surface area contributed by atoms with Crippen molar-refractivity contribution in [2.75, 3.05) is 0 Å². The molecule has 0 bridgehead atoms. The van der Waals surface area contributed by atoms with Gasteiger partial charge in [-0.2, -0.15) is 0 Å². The van der Waals surface area contributed by atoms with E-state index < -0.39 is 0 Å². The molecule has 0 fully saturated rings. The molecule has 1 aromatic heterocycles. The van der Waals surface area contributed by atoms with Crippen LogP contribution < -0.4 is 0 Å². The summed E-state index contributed by atoms with van der Waals surface area (Å²) in [6, 6.07) is 5.19. The summed E-state index contributed by atoms with van der Waals surface area (Å²) in [4.78, 5) is 3.79. The first kappa shape index (κ1) is 10.9. The Bertz CT molecular complexity index is 251. The first-order valence-corrected chi connectivity index (χ1v) is 3.82. The summed E-state index contributed by atoms with van der Waals surface area (Å²) in [5.74, 6) is 0. The molecular formula is C7H7NO2S2. The average molecular weight is 201 g/mol. The molecule has 0 aliphatic heterocycles. The normalized spacial score (nSPS) is 7.67. The molecule has 0 aliphatic carbocycles. The molecule has 12 heavy (non-hydrogen) atoms. The van der Waals surface area contributed by atoms with Crippen LogP contribution in [0.1, 0.15) is 5.69 Å². The van der Waals surface area contributed by atoms with Crippen LogP contribution in [0.3, 0.4) is 0 Å². The first-order chi connectivity index (χ1) is 5.72. The van der Waals surface area contributed by atoms with Crippen molar-refractivity contribution < 1.29 is 10.2 Å². The van der Waals surface area contributed by atoms with Crippen molar-refractivity contribution in [2.24, 2.45) is 0 Å². The maximum atomic E-state index is 8.69. The van der Waals surface area contributed by atoms with Crippen molar-refractivity contribution in [1.29, 1.82) is 0 Å². The SMILES string of the molecule is OC(=S)c1ccccn1.OC=S. The minimum Gasteiger partial charge on any atom is -0.504 e. The molecule has 0 saturated carbocycles. The topological polar surface area (TPSA) is 53.4 Å². The highest BCUT2D eigenvalue weighted by Crippen LogP contribution is 1.92. The van der Waals surface area contributed by atoms with Crippen LogP contribution in [-0.2, 0) is 0 Å². The van der Waals surface area contributed by atoms with Crippen LogP contribution in [-0.4, -0.2) is 25.8 Å². The van der Waals surface area contributed by atoms with Crippen molar-refractivity contribution >= 4 is 35.0 Å². The Morgan fingerprint density at radius 1 is 1.50 bits per heavy atom. The fourth-order valence-corrected chi connectivity index (χ4v) is 0.610. The number of rotatable bonds is 1. The van der Waals surface area contributed by atoms with Gasteiger partial charge in [-0.25, -0.2) is 0 Å². The van der Waals surface area contributed by atoms with Crippen LogP contribution in [0.4, 0.5) is 0 Å². The van der Waals surface area contributed by atoms with Crippen LogP contribution in [0, 0.1) is 0 Å². The van der Waals surface area contributed by atoms with Gasteiger partial charge in [-0.15, -0.1) is 0 Å². The van der Waals surface area contributed by atoms with E-state index in [1.54, 1.807) is 24.4 Å². The molecule has 3 nitrogen and oxygen atoms in total. The second-order valence-electron chi connectivity index (χ2n) is 1.63. The van der Waals surface area contributed by atoms with Crippen molar-refractivity contribution in [3.63, 3.8) is 0 Å². The maximum absolute atomic E-state index is 8.69. The third kappa shape index (κ3) is 4.70. The minimum absolute atomic E-state index is 0.157. The highest BCUT2D eigenvalue weighted by atomic mass is 32.1. The van der Waals surface area contributed by atoms with Crippen molar-refractivity contribution in [3.8, 4) is 0 Å². The summed E-state index contributed by atoms with van der Waals surface area (Å²) in [7, 11) is 0. The average Bonchev–Trinajstić information content (AvgIpc) is 2.07. The summed E-state index contributed by atoms with van der Waals surface area (Å²) in [5.41, 5.74) is 1.03.